The minimum absolute atomic E-state index is 0. The summed E-state index contributed by atoms with van der Waals surface area (Å²) in [5.74, 6) is -0.0186. The summed E-state index contributed by atoms with van der Waals surface area (Å²) in [5, 5.41) is 0. The van der Waals surface area contributed by atoms with Crippen LogP contribution in [-0.2, 0) is 9.53 Å². The molecule has 0 saturated heterocycles. The number of carbonyl (C=O) groups excluding carboxylic acids is 1. The predicted octanol–water partition coefficient (Wildman–Crippen LogP) is 2.77. The summed E-state index contributed by atoms with van der Waals surface area (Å²) in [7, 11) is 0. The van der Waals surface area contributed by atoms with Crippen molar-refractivity contribution in [3.05, 3.63) is 0 Å². The molecular weight excluding hydrogens is 295 g/mol. The molecule has 0 aromatic heterocycles. The second-order valence-electron chi connectivity index (χ2n) is 3.74. The second kappa shape index (κ2) is 14.3. The average Bonchev–Trinajstić information content (AvgIpc) is 2.18. The van der Waals surface area contributed by atoms with E-state index in [1.165, 1.54) is 19.3 Å². The van der Waals surface area contributed by atoms with Crippen LogP contribution in [0.25, 0.3) is 0 Å². The van der Waals surface area contributed by atoms with Gasteiger partial charge in [-0.1, -0.05) is 46.0 Å². The molecule has 0 aliphatic carbocycles. The van der Waals surface area contributed by atoms with E-state index in [9.17, 15) is 4.79 Å². The maximum atomic E-state index is 11.1. The number of unbranched alkanes of at least 4 members (excludes halogenated alkanes) is 5. The Bertz CT molecular complexity index is 138. The summed E-state index contributed by atoms with van der Waals surface area (Å²) in [4.78, 5) is 11.1. The Morgan fingerprint density at radius 2 is 1.53 bits per heavy atom. The third kappa shape index (κ3) is 14.3. The molecule has 0 atom stereocenters. The van der Waals surface area contributed by atoms with Crippen LogP contribution in [0, 0.1) is 0 Å². The van der Waals surface area contributed by atoms with Gasteiger partial charge in [-0.2, -0.15) is 0 Å². The Hall–Kier alpha value is 0.269. The molecule has 0 aromatic rings. The van der Waals surface area contributed by atoms with Crippen LogP contribution in [0.3, 0.4) is 0 Å². The number of ether oxygens (including phenoxy) is 1. The van der Waals surface area contributed by atoms with Crippen molar-refractivity contribution in [1.29, 1.82) is 0 Å². The first-order valence-corrected chi connectivity index (χ1v) is 5.96. The summed E-state index contributed by atoms with van der Waals surface area (Å²) in [6.45, 7) is 4.89. The van der Waals surface area contributed by atoms with Crippen molar-refractivity contribution < 1.29 is 9.53 Å². The van der Waals surface area contributed by atoms with E-state index in [2.05, 4.69) is 13.8 Å². The summed E-state index contributed by atoms with van der Waals surface area (Å²) in [5.41, 5.74) is 0. The van der Waals surface area contributed by atoms with Crippen LogP contribution in [0.1, 0.15) is 65.2 Å². The molecule has 0 aliphatic rings. The van der Waals surface area contributed by atoms with Gasteiger partial charge in [0.15, 0.2) is 0 Å². The maximum absolute atomic E-state index is 11.1. The van der Waals surface area contributed by atoms with Crippen molar-refractivity contribution in [2.45, 2.75) is 65.2 Å². The van der Waals surface area contributed by atoms with E-state index in [0.29, 0.717) is 13.0 Å². The molecule has 90 valence electrons. The van der Waals surface area contributed by atoms with Gasteiger partial charge in [0.2, 0.25) is 0 Å². The molecule has 3 heteroatoms. The molecule has 2 nitrogen and oxygen atoms in total. The molecule has 0 spiro atoms. The van der Waals surface area contributed by atoms with E-state index in [1.807, 2.05) is 0 Å². The number of esters is 1. The molecule has 0 fully saturated rings. The van der Waals surface area contributed by atoms with Crippen molar-refractivity contribution in [3.8, 4) is 0 Å². The third-order valence-corrected chi connectivity index (χ3v) is 2.25. The molecular formula is C12H26O2Sn. The van der Waals surface area contributed by atoms with Gasteiger partial charge in [-0.05, 0) is 12.8 Å². The Kier molecular flexibility index (Phi) is 16.8. The van der Waals surface area contributed by atoms with Crippen LogP contribution in [0.4, 0.5) is 0 Å². The van der Waals surface area contributed by atoms with Crippen molar-refractivity contribution in [2.24, 2.45) is 0 Å². The number of carbonyl (C=O) groups is 1. The first-order chi connectivity index (χ1) is 6.81. The summed E-state index contributed by atoms with van der Waals surface area (Å²) in [6.07, 6.45) is 8.62. The van der Waals surface area contributed by atoms with Gasteiger partial charge < -0.3 is 4.74 Å². The molecule has 0 aliphatic heterocycles. The second-order valence-corrected chi connectivity index (χ2v) is 3.74. The number of hydrogen-bond acceptors (Lipinski definition) is 2. The topological polar surface area (TPSA) is 26.3 Å². The molecule has 0 bridgehead atoms. The zero-order valence-corrected chi connectivity index (χ0v) is 14.4. The zero-order chi connectivity index (χ0) is 10.6. The Morgan fingerprint density at radius 1 is 0.933 bits per heavy atom. The molecule has 0 unspecified atom stereocenters. The molecule has 0 heterocycles. The van der Waals surface area contributed by atoms with Crippen molar-refractivity contribution >= 4 is 29.9 Å². The van der Waals surface area contributed by atoms with Crippen molar-refractivity contribution in [2.75, 3.05) is 6.61 Å². The van der Waals surface area contributed by atoms with Crippen LogP contribution in [0.15, 0.2) is 0 Å². The van der Waals surface area contributed by atoms with Crippen LogP contribution in [0.2, 0.25) is 0 Å². The molecule has 0 saturated carbocycles. The van der Waals surface area contributed by atoms with Gasteiger partial charge in [0, 0.05) is 6.42 Å². The molecule has 2 radical (unpaired) electrons. The van der Waals surface area contributed by atoms with Crippen molar-refractivity contribution in [3.63, 3.8) is 0 Å². The van der Waals surface area contributed by atoms with Gasteiger partial charge in [0.1, 0.15) is 0 Å². The van der Waals surface area contributed by atoms with Gasteiger partial charge in [-0.3, -0.25) is 4.79 Å². The fourth-order valence-corrected chi connectivity index (χ4v) is 1.28. The fraction of sp³-hybridized carbons (Fsp3) is 0.917. The zero-order valence-electron chi connectivity index (χ0n) is 10.4. The van der Waals surface area contributed by atoms with Gasteiger partial charge >= 0.3 is 29.9 Å². The van der Waals surface area contributed by atoms with Gasteiger partial charge in [-0.15, -0.1) is 0 Å². The quantitative estimate of drug-likeness (QED) is 0.371. The van der Waals surface area contributed by atoms with E-state index >= 15 is 0 Å². The first kappa shape index (κ1) is 17.7. The molecule has 0 amide bonds. The van der Waals surface area contributed by atoms with Gasteiger partial charge in [-0.25, -0.2) is 0 Å². The summed E-state index contributed by atoms with van der Waals surface area (Å²) in [6, 6.07) is 0. The molecule has 0 N–H and O–H groups in total. The number of rotatable bonds is 9. The van der Waals surface area contributed by atoms with E-state index in [4.69, 9.17) is 4.74 Å². The monoisotopic (exact) mass is 322 g/mol. The first-order valence-electron chi connectivity index (χ1n) is 5.96. The van der Waals surface area contributed by atoms with Gasteiger partial charge in [0.25, 0.3) is 0 Å². The van der Waals surface area contributed by atoms with E-state index in [1.54, 1.807) is 0 Å². The minimum atomic E-state index is -0.0186. The predicted molar refractivity (Wildman–Crippen MR) is 67.8 cm³/mol. The molecule has 0 aromatic carbocycles. The van der Waals surface area contributed by atoms with Crippen LogP contribution in [0.5, 0.6) is 0 Å². The van der Waals surface area contributed by atoms with Crippen LogP contribution in [-0.4, -0.2) is 36.5 Å². The van der Waals surface area contributed by atoms with Crippen LogP contribution < -0.4 is 0 Å². The Balaban J connectivity index is 0. The summed E-state index contributed by atoms with van der Waals surface area (Å²) < 4.78 is 5.05. The van der Waals surface area contributed by atoms with Crippen LogP contribution >= 0.6 is 0 Å². The molecule has 15 heavy (non-hydrogen) atoms. The summed E-state index contributed by atoms with van der Waals surface area (Å²) >= 11 is 0. The normalized spacial score (nSPS) is 9.47. The fourth-order valence-electron chi connectivity index (χ4n) is 1.28. The average molecular weight is 321 g/mol. The standard InChI is InChI=1S/C12H24O2.Sn.2H/c1-3-5-7-8-9-10-12(13)14-11-6-4-2;;;/h3-11H2,1-2H3;;;. The van der Waals surface area contributed by atoms with E-state index in [0.717, 1.165) is 25.7 Å². The van der Waals surface area contributed by atoms with Crippen molar-refractivity contribution in [1.82, 2.24) is 0 Å². The Labute approximate surface area is 111 Å². The Morgan fingerprint density at radius 3 is 2.13 bits per heavy atom. The van der Waals surface area contributed by atoms with E-state index < -0.39 is 0 Å². The van der Waals surface area contributed by atoms with Gasteiger partial charge in [0.05, 0.1) is 6.61 Å². The number of hydrogen-bond donors (Lipinski definition) is 0. The molecule has 0 rings (SSSR count). The van der Waals surface area contributed by atoms with E-state index in [-0.39, 0.29) is 29.9 Å². The third-order valence-electron chi connectivity index (χ3n) is 2.25. The SMILES string of the molecule is CCCCCCCC(=O)OCCCC.[SnH2].